The molecular formula is C56H34O2Si. The Labute approximate surface area is 341 Å². The Hall–Kier alpha value is -7.64. The second-order valence-corrected chi connectivity index (χ2v) is 18.8. The molecule has 274 valence electrons. The van der Waals surface area contributed by atoms with E-state index in [-0.39, 0.29) is 0 Å². The standard InChI is InChI=1S/C56H34O2Si/c1-2-17-38(18-3-1)59(39-29-31-54-50(35-39)45-22-10-12-27-52(45)57-54,40-30-32-55-51(36-40)46-23-11-13-28-53(46)58-55)34-33-44-42-20-6-8-24-48(42)56(49-25-9-7-21-43(44)49)47-26-14-16-37-15-4-5-19-41(37)47/h1-32,35-36H. The van der Waals surface area contributed by atoms with Crippen molar-refractivity contribution < 1.29 is 8.83 Å². The van der Waals surface area contributed by atoms with Gasteiger partial charge >= 0.3 is 0 Å². The van der Waals surface area contributed by atoms with Crippen LogP contribution >= 0.6 is 0 Å². The maximum absolute atomic E-state index is 6.39. The molecule has 0 spiro atoms. The maximum atomic E-state index is 6.39. The van der Waals surface area contributed by atoms with E-state index in [4.69, 9.17) is 8.83 Å². The number of benzene rings is 10. The summed E-state index contributed by atoms with van der Waals surface area (Å²) >= 11 is 0. The molecule has 2 aromatic heterocycles. The minimum atomic E-state index is -3.20. The van der Waals surface area contributed by atoms with Gasteiger partial charge in [-0.2, -0.15) is 0 Å². The molecule has 0 fully saturated rings. The van der Waals surface area contributed by atoms with Crippen LogP contribution in [0.5, 0.6) is 0 Å². The second-order valence-electron chi connectivity index (χ2n) is 15.4. The van der Waals surface area contributed by atoms with Crippen LogP contribution in [-0.2, 0) is 0 Å². The summed E-state index contributed by atoms with van der Waals surface area (Å²) < 4.78 is 12.8. The quantitative estimate of drug-likeness (QED) is 0.0772. The van der Waals surface area contributed by atoms with Gasteiger partial charge in [-0.15, -0.1) is 5.54 Å². The van der Waals surface area contributed by atoms with Gasteiger partial charge in [-0.1, -0.05) is 176 Å². The predicted octanol–water partition coefficient (Wildman–Crippen LogP) is 12.7. The lowest BCUT2D eigenvalue weighted by molar-refractivity contribution is 0.668. The number of furan rings is 2. The summed E-state index contributed by atoms with van der Waals surface area (Å²) in [6, 6.07) is 74.1. The van der Waals surface area contributed by atoms with Gasteiger partial charge in [-0.3, -0.25) is 0 Å². The molecule has 0 N–H and O–H groups in total. The molecule has 2 heterocycles. The van der Waals surface area contributed by atoms with Crippen LogP contribution in [-0.4, -0.2) is 8.07 Å². The van der Waals surface area contributed by atoms with E-state index < -0.39 is 8.07 Å². The van der Waals surface area contributed by atoms with Crippen molar-refractivity contribution in [3.63, 3.8) is 0 Å². The molecule has 3 heteroatoms. The molecule has 2 nitrogen and oxygen atoms in total. The lowest BCUT2D eigenvalue weighted by Crippen LogP contribution is -2.66. The summed E-state index contributed by atoms with van der Waals surface area (Å²) in [6.45, 7) is 0. The molecule has 0 unspecified atom stereocenters. The zero-order valence-electron chi connectivity index (χ0n) is 31.9. The summed E-state index contributed by atoms with van der Waals surface area (Å²) in [5.41, 5.74) is 11.2. The van der Waals surface area contributed by atoms with Gasteiger partial charge in [0.25, 0.3) is 0 Å². The highest BCUT2D eigenvalue weighted by Crippen LogP contribution is 2.42. The van der Waals surface area contributed by atoms with E-state index in [1.807, 2.05) is 24.3 Å². The van der Waals surface area contributed by atoms with E-state index in [0.717, 1.165) is 60.2 Å². The normalized spacial score (nSPS) is 11.9. The van der Waals surface area contributed by atoms with Crippen molar-refractivity contribution in [2.24, 2.45) is 0 Å². The zero-order chi connectivity index (χ0) is 38.9. The fourth-order valence-electron chi connectivity index (χ4n) is 9.48. The van der Waals surface area contributed by atoms with Crippen molar-refractivity contribution in [1.82, 2.24) is 0 Å². The summed E-state index contributed by atoms with van der Waals surface area (Å²) in [4.78, 5) is 0. The van der Waals surface area contributed by atoms with Crippen molar-refractivity contribution in [2.75, 3.05) is 0 Å². The van der Waals surface area contributed by atoms with Gasteiger partial charge in [0.05, 0.1) is 0 Å². The van der Waals surface area contributed by atoms with Crippen molar-refractivity contribution in [3.8, 4) is 22.6 Å². The Morgan fingerprint density at radius 2 is 0.780 bits per heavy atom. The van der Waals surface area contributed by atoms with Crippen molar-refractivity contribution in [2.45, 2.75) is 0 Å². The smallest absolute Gasteiger partial charge is 0.230 e. The first kappa shape index (κ1) is 33.5. The summed E-state index contributed by atoms with van der Waals surface area (Å²) in [6.07, 6.45) is 0. The second kappa shape index (κ2) is 13.2. The van der Waals surface area contributed by atoms with Crippen LogP contribution in [0.4, 0.5) is 0 Å². The van der Waals surface area contributed by atoms with E-state index in [1.54, 1.807) is 0 Å². The molecule has 12 aromatic rings. The lowest BCUT2D eigenvalue weighted by Gasteiger charge is -2.28. The highest BCUT2D eigenvalue weighted by Gasteiger charge is 2.39. The highest BCUT2D eigenvalue weighted by atomic mass is 28.3. The van der Waals surface area contributed by atoms with Crippen LogP contribution in [0.15, 0.2) is 215 Å². The summed E-state index contributed by atoms with van der Waals surface area (Å²) in [5.74, 6) is 4.01. The molecule has 0 aliphatic rings. The Morgan fingerprint density at radius 3 is 1.37 bits per heavy atom. The number of hydrogen-bond acceptors (Lipinski definition) is 2. The van der Waals surface area contributed by atoms with Gasteiger partial charge in [0.2, 0.25) is 8.07 Å². The van der Waals surface area contributed by atoms with Crippen LogP contribution in [0.2, 0.25) is 0 Å². The average Bonchev–Trinajstić information content (AvgIpc) is 3.87. The van der Waals surface area contributed by atoms with Crippen LogP contribution in [0.1, 0.15) is 5.56 Å². The Kier molecular flexibility index (Phi) is 7.50. The zero-order valence-corrected chi connectivity index (χ0v) is 32.9. The number of para-hydroxylation sites is 2. The topological polar surface area (TPSA) is 26.3 Å². The first-order chi connectivity index (χ1) is 29.2. The van der Waals surface area contributed by atoms with Gasteiger partial charge in [-0.05, 0) is 95.4 Å². The van der Waals surface area contributed by atoms with Crippen molar-refractivity contribution in [1.29, 1.82) is 0 Å². The summed E-state index contributed by atoms with van der Waals surface area (Å²) in [5, 5.41) is 15.1. The molecule has 0 radical (unpaired) electrons. The minimum Gasteiger partial charge on any atom is -0.456 e. The van der Waals surface area contributed by atoms with Gasteiger partial charge < -0.3 is 8.83 Å². The molecule has 0 amide bonds. The van der Waals surface area contributed by atoms with Crippen LogP contribution < -0.4 is 15.6 Å². The minimum absolute atomic E-state index is 0.871. The molecule has 0 aliphatic carbocycles. The van der Waals surface area contributed by atoms with E-state index in [0.29, 0.717) is 0 Å². The molecule has 12 rings (SSSR count). The molecule has 0 atom stereocenters. The first-order valence-electron chi connectivity index (χ1n) is 20.1. The van der Waals surface area contributed by atoms with Gasteiger partial charge in [0, 0.05) is 27.1 Å². The molecule has 10 aromatic carbocycles. The number of rotatable bonds is 4. The van der Waals surface area contributed by atoms with E-state index in [2.05, 4.69) is 193 Å². The largest absolute Gasteiger partial charge is 0.456 e. The van der Waals surface area contributed by atoms with Gasteiger partial charge in [0.1, 0.15) is 22.3 Å². The van der Waals surface area contributed by atoms with Crippen LogP contribution in [0.3, 0.4) is 0 Å². The van der Waals surface area contributed by atoms with Crippen molar-refractivity contribution in [3.05, 3.63) is 212 Å². The monoisotopic (exact) mass is 766 g/mol. The van der Waals surface area contributed by atoms with Gasteiger partial charge in [-0.25, -0.2) is 0 Å². The molecular weight excluding hydrogens is 733 g/mol. The molecule has 59 heavy (non-hydrogen) atoms. The lowest BCUT2D eigenvalue weighted by atomic mass is 9.87. The third-order valence-electron chi connectivity index (χ3n) is 12.2. The fourth-order valence-corrected chi connectivity index (χ4v) is 13.3. The highest BCUT2D eigenvalue weighted by molar-refractivity contribution is 7.17. The molecule has 0 saturated carbocycles. The molecule has 0 aliphatic heterocycles. The average molecular weight is 767 g/mol. The Bertz CT molecular complexity index is 3520. The SMILES string of the molecule is C(#C[Si](c1ccccc1)(c1ccc2oc3ccccc3c2c1)c1ccc2oc3ccccc3c2c1)c1c2ccccc2c(-c2cccc3ccccc23)c2ccccc12. The number of fused-ring (bicyclic) bond motifs is 9. The van der Waals surface area contributed by atoms with Crippen LogP contribution in [0.25, 0.3) is 87.3 Å². The molecule has 0 bridgehead atoms. The molecule has 0 saturated heterocycles. The van der Waals surface area contributed by atoms with E-state index in [1.165, 1.54) is 48.2 Å². The third kappa shape index (κ3) is 5.14. The van der Waals surface area contributed by atoms with Crippen molar-refractivity contribution >= 4 is 99.8 Å². The van der Waals surface area contributed by atoms with E-state index >= 15 is 0 Å². The number of hydrogen-bond donors (Lipinski definition) is 0. The van der Waals surface area contributed by atoms with E-state index in [9.17, 15) is 0 Å². The maximum Gasteiger partial charge on any atom is 0.230 e. The fraction of sp³-hybridized carbons (Fsp3) is 0. The first-order valence-corrected chi connectivity index (χ1v) is 22.1. The summed E-state index contributed by atoms with van der Waals surface area (Å²) in [7, 11) is -3.20. The Morgan fingerprint density at radius 1 is 0.322 bits per heavy atom. The Balaban J connectivity index is 1.20. The van der Waals surface area contributed by atoms with Gasteiger partial charge in [0.15, 0.2) is 0 Å². The predicted molar refractivity (Wildman–Crippen MR) is 250 cm³/mol. The van der Waals surface area contributed by atoms with Crippen LogP contribution in [0, 0.1) is 11.5 Å². The third-order valence-corrected chi connectivity index (χ3v) is 16.2.